The topological polar surface area (TPSA) is 103 Å². The van der Waals surface area contributed by atoms with Gasteiger partial charge in [0, 0.05) is 17.7 Å². The van der Waals surface area contributed by atoms with E-state index in [0.717, 1.165) is 5.56 Å². The Morgan fingerprint density at radius 1 is 1.14 bits per heavy atom. The van der Waals surface area contributed by atoms with Crippen molar-refractivity contribution in [2.45, 2.75) is 13.8 Å². The minimum atomic E-state index is -0.439. The minimum Gasteiger partial charge on any atom is -0.495 e. The van der Waals surface area contributed by atoms with Crippen molar-refractivity contribution in [2.75, 3.05) is 12.8 Å². The number of hydrogen-bond acceptors (Lipinski definition) is 6. The maximum atomic E-state index is 10.9. The van der Waals surface area contributed by atoms with E-state index in [4.69, 9.17) is 10.5 Å². The Labute approximate surface area is 127 Å². The average Bonchev–Trinajstić information content (AvgIpc) is 2.47. The summed E-state index contributed by atoms with van der Waals surface area (Å²) < 4.78 is 5.14. The largest absolute Gasteiger partial charge is 0.495 e. The zero-order valence-electron chi connectivity index (χ0n) is 12.5. The lowest BCUT2D eigenvalue weighted by molar-refractivity contribution is -0.385. The van der Waals surface area contributed by atoms with Crippen LogP contribution in [0.2, 0.25) is 0 Å². The molecular formula is C15H16N4O3. The Balaban J connectivity index is 2.37. The number of methoxy groups -OCH3 is 1. The van der Waals surface area contributed by atoms with Gasteiger partial charge in [-0.05, 0) is 31.5 Å². The third-order valence-corrected chi connectivity index (χ3v) is 3.21. The summed E-state index contributed by atoms with van der Waals surface area (Å²) in [4.78, 5) is 10.5. The van der Waals surface area contributed by atoms with Gasteiger partial charge in [-0.1, -0.05) is 6.07 Å². The molecule has 2 aromatic carbocycles. The molecule has 2 rings (SSSR count). The normalized spacial score (nSPS) is 10.9. The number of hydrogen-bond donors (Lipinski definition) is 1. The second kappa shape index (κ2) is 6.21. The second-order valence-electron chi connectivity index (χ2n) is 4.81. The Bertz CT molecular complexity index is 757. The van der Waals surface area contributed by atoms with Crippen molar-refractivity contribution in [1.29, 1.82) is 0 Å². The van der Waals surface area contributed by atoms with Crippen LogP contribution in [-0.4, -0.2) is 12.0 Å². The highest BCUT2D eigenvalue weighted by Crippen LogP contribution is 2.32. The first kappa shape index (κ1) is 15.4. The summed E-state index contributed by atoms with van der Waals surface area (Å²) in [6, 6.07) is 8.13. The lowest BCUT2D eigenvalue weighted by Gasteiger charge is -2.07. The SMILES string of the molecule is COc1cc(N=Nc2ccc(C)c([N+](=O)[O-])c2)c(C)cc1N. The van der Waals surface area contributed by atoms with Crippen molar-refractivity contribution in [3.63, 3.8) is 0 Å². The van der Waals surface area contributed by atoms with Gasteiger partial charge in [0.1, 0.15) is 5.75 Å². The molecule has 0 unspecified atom stereocenters. The first-order valence-electron chi connectivity index (χ1n) is 6.53. The Hall–Kier alpha value is -2.96. The van der Waals surface area contributed by atoms with E-state index in [1.807, 2.05) is 6.92 Å². The number of ether oxygens (including phenoxy) is 1. The van der Waals surface area contributed by atoms with Crippen LogP contribution in [0.3, 0.4) is 0 Å². The van der Waals surface area contributed by atoms with E-state index in [-0.39, 0.29) is 5.69 Å². The molecule has 0 aliphatic heterocycles. The zero-order chi connectivity index (χ0) is 16.3. The molecule has 2 aromatic rings. The number of aryl methyl sites for hydroxylation is 2. The summed E-state index contributed by atoms with van der Waals surface area (Å²) in [5.74, 6) is 0.509. The Morgan fingerprint density at radius 3 is 2.50 bits per heavy atom. The molecule has 0 spiro atoms. The van der Waals surface area contributed by atoms with Gasteiger partial charge in [-0.2, -0.15) is 10.2 Å². The summed E-state index contributed by atoms with van der Waals surface area (Å²) >= 11 is 0. The molecule has 0 saturated heterocycles. The van der Waals surface area contributed by atoms with Crippen LogP contribution >= 0.6 is 0 Å². The number of rotatable bonds is 4. The number of nitro groups is 1. The monoisotopic (exact) mass is 300 g/mol. The lowest BCUT2D eigenvalue weighted by Crippen LogP contribution is -1.92. The smallest absolute Gasteiger partial charge is 0.274 e. The minimum absolute atomic E-state index is 0.0167. The van der Waals surface area contributed by atoms with E-state index >= 15 is 0 Å². The van der Waals surface area contributed by atoms with Gasteiger partial charge in [-0.15, -0.1) is 0 Å². The van der Waals surface area contributed by atoms with Crippen molar-refractivity contribution >= 4 is 22.7 Å². The number of nitrogens with two attached hydrogens (primary N) is 1. The van der Waals surface area contributed by atoms with Gasteiger partial charge >= 0.3 is 0 Å². The maximum Gasteiger partial charge on any atom is 0.274 e. The van der Waals surface area contributed by atoms with Crippen LogP contribution in [-0.2, 0) is 0 Å². The zero-order valence-corrected chi connectivity index (χ0v) is 12.5. The number of nitrogens with zero attached hydrogens (tertiary/aromatic N) is 3. The molecule has 22 heavy (non-hydrogen) atoms. The van der Waals surface area contributed by atoms with Crippen LogP contribution in [0.4, 0.5) is 22.7 Å². The summed E-state index contributed by atoms with van der Waals surface area (Å²) in [6.07, 6.45) is 0. The summed E-state index contributed by atoms with van der Waals surface area (Å²) in [5, 5.41) is 19.1. The van der Waals surface area contributed by atoms with Crippen molar-refractivity contribution in [3.8, 4) is 5.75 Å². The summed E-state index contributed by atoms with van der Waals surface area (Å²) in [7, 11) is 1.52. The molecule has 0 bridgehead atoms. The summed E-state index contributed by atoms with van der Waals surface area (Å²) in [5.41, 5.74) is 8.76. The molecule has 114 valence electrons. The van der Waals surface area contributed by atoms with Crippen LogP contribution in [0.15, 0.2) is 40.6 Å². The Kier molecular flexibility index (Phi) is 4.36. The number of benzene rings is 2. The van der Waals surface area contributed by atoms with E-state index in [1.165, 1.54) is 13.2 Å². The first-order chi connectivity index (χ1) is 10.4. The van der Waals surface area contributed by atoms with Gasteiger partial charge in [-0.25, -0.2) is 0 Å². The van der Waals surface area contributed by atoms with Crippen molar-refractivity contribution in [1.82, 2.24) is 0 Å². The second-order valence-corrected chi connectivity index (χ2v) is 4.81. The van der Waals surface area contributed by atoms with Gasteiger partial charge in [0.2, 0.25) is 0 Å². The van der Waals surface area contributed by atoms with Crippen molar-refractivity contribution in [3.05, 3.63) is 51.6 Å². The fourth-order valence-corrected chi connectivity index (χ4v) is 1.95. The van der Waals surface area contributed by atoms with Crippen LogP contribution in [0, 0.1) is 24.0 Å². The first-order valence-corrected chi connectivity index (χ1v) is 6.53. The molecule has 0 aliphatic rings. The maximum absolute atomic E-state index is 10.9. The van der Waals surface area contributed by atoms with Crippen LogP contribution in [0.1, 0.15) is 11.1 Å². The highest BCUT2D eigenvalue weighted by Gasteiger charge is 2.11. The predicted molar refractivity (Wildman–Crippen MR) is 84.2 cm³/mol. The molecule has 7 nitrogen and oxygen atoms in total. The molecule has 0 amide bonds. The number of nitrogen functional groups attached to an aromatic ring is 1. The van der Waals surface area contributed by atoms with E-state index in [9.17, 15) is 10.1 Å². The fraction of sp³-hybridized carbons (Fsp3) is 0.200. The third-order valence-electron chi connectivity index (χ3n) is 3.21. The average molecular weight is 300 g/mol. The quantitative estimate of drug-likeness (QED) is 0.395. The molecule has 0 fully saturated rings. The molecule has 0 heterocycles. The molecule has 0 aliphatic carbocycles. The number of azo groups is 1. The van der Waals surface area contributed by atoms with E-state index < -0.39 is 4.92 Å². The third kappa shape index (κ3) is 3.20. The van der Waals surface area contributed by atoms with Gasteiger partial charge < -0.3 is 10.5 Å². The fourth-order valence-electron chi connectivity index (χ4n) is 1.95. The molecule has 0 aromatic heterocycles. The van der Waals surface area contributed by atoms with Crippen LogP contribution in [0.5, 0.6) is 5.75 Å². The molecule has 0 radical (unpaired) electrons. The molecule has 0 atom stereocenters. The molecular weight excluding hydrogens is 284 g/mol. The Morgan fingerprint density at radius 2 is 1.86 bits per heavy atom. The highest BCUT2D eigenvalue weighted by molar-refractivity contribution is 5.63. The van der Waals surface area contributed by atoms with Gasteiger partial charge in [-0.3, -0.25) is 10.1 Å². The van der Waals surface area contributed by atoms with Crippen LogP contribution < -0.4 is 10.5 Å². The van der Waals surface area contributed by atoms with Crippen molar-refractivity contribution < 1.29 is 9.66 Å². The van der Waals surface area contributed by atoms with E-state index in [1.54, 1.807) is 31.2 Å². The molecule has 0 saturated carbocycles. The lowest BCUT2D eigenvalue weighted by atomic mass is 10.1. The van der Waals surface area contributed by atoms with E-state index in [0.29, 0.717) is 28.4 Å². The van der Waals surface area contributed by atoms with Crippen molar-refractivity contribution in [2.24, 2.45) is 10.2 Å². The molecule has 7 heteroatoms. The molecule has 2 N–H and O–H groups in total. The number of nitro benzene ring substituents is 1. The highest BCUT2D eigenvalue weighted by atomic mass is 16.6. The van der Waals surface area contributed by atoms with E-state index in [2.05, 4.69) is 10.2 Å². The standard InChI is InChI=1S/C15H16N4O3/c1-9-4-5-11(7-14(9)19(20)21)17-18-13-8-15(22-3)12(16)6-10(13)2/h4-8H,16H2,1-3H3. The predicted octanol–water partition coefficient (Wildman–Crippen LogP) is 4.22. The van der Waals surface area contributed by atoms with Gasteiger partial charge in [0.25, 0.3) is 5.69 Å². The summed E-state index contributed by atoms with van der Waals surface area (Å²) in [6.45, 7) is 3.52. The van der Waals surface area contributed by atoms with Crippen LogP contribution in [0.25, 0.3) is 0 Å². The number of anilines is 1. The van der Waals surface area contributed by atoms with Gasteiger partial charge in [0.15, 0.2) is 0 Å². The van der Waals surface area contributed by atoms with Gasteiger partial charge in [0.05, 0.1) is 29.1 Å².